The van der Waals surface area contributed by atoms with Crippen molar-refractivity contribution in [3.8, 4) is 0 Å². The monoisotopic (exact) mass is 272 g/mol. The van der Waals surface area contributed by atoms with E-state index in [0.717, 1.165) is 32.0 Å². The molecular formula is C14H20N6. The molecule has 1 fully saturated rings. The van der Waals surface area contributed by atoms with E-state index in [1.165, 1.54) is 12.8 Å². The molecule has 1 N–H and O–H groups in total. The van der Waals surface area contributed by atoms with E-state index >= 15 is 0 Å². The van der Waals surface area contributed by atoms with Crippen molar-refractivity contribution in [2.24, 2.45) is 0 Å². The molecule has 0 radical (unpaired) electrons. The van der Waals surface area contributed by atoms with Crippen LogP contribution in [0.3, 0.4) is 0 Å². The molecule has 1 aliphatic heterocycles. The molecule has 6 nitrogen and oxygen atoms in total. The van der Waals surface area contributed by atoms with E-state index in [1.54, 1.807) is 12.5 Å². The highest BCUT2D eigenvalue weighted by atomic mass is 15.3. The minimum atomic E-state index is 0.522. The molecule has 6 heteroatoms. The maximum Gasteiger partial charge on any atom is 0.131 e. The molecule has 0 spiro atoms. The lowest BCUT2D eigenvalue weighted by molar-refractivity contribution is 0.407. The molecule has 2 aromatic rings. The molecule has 3 rings (SSSR count). The van der Waals surface area contributed by atoms with Crippen molar-refractivity contribution in [2.45, 2.75) is 25.4 Å². The predicted octanol–water partition coefficient (Wildman–Crippen LogP) is 0.932. The quantitative estimate of drug-likeness (QED) is 0.877. The predicted molar refractivity (Wildman–Crippen MR) is 77.5 cm³/mol. The number of piperidine rings is 1. The summed E-state index contributed by atoms with van der Waals surface area (Å²) in [6.07, 6.45) is 9.65. The summed E-state index contributed by atoms with van der Waals surface area (Å²) in [4.78, 5) is 10.6. The molecule has 0 amide bonds. The molecule has 20 heavy (non-hydrogen) atoms. The Kier molecular flexibility index (Phi) is 4.22. The Morgan fingerprint density at radius 1 is 1.35 bits per heavy atom. The lowest BCUT2D eigenvalue weighted by Gasteiger charge is -2.34. The highest BCUT2D eigenvalue weighted by Crippen LogP contribution is 2.16. The van der Waals surface area contributed by atoms with Crippen LogP contribution in [-0.4, -0.2) is 45.4 Å². The van der Waals surface area contributed by atoms with Crippen molar-refractivity contribution < 1.29 is 0 Å². The molecule has 1 atom stereocenters. The lowest BCUT2D eigenvalue weighted by Crippen LogP contribution is -2.46. The van der Waals surface area contributed by atoms with Gasteiger partial charge in [0, 0.05) is 44.3 Å². The second-order valence-corrected chi connectivity index (χ2v) is 5.08. The Balaban J connectivity index is 1.48. The van der Waals surface area contributed by atoms with E-state index in [4.69, 9.17) is 0 Å². The van der Waals surface area contributed by atoms with Crippen molar-refractivity contribution in [2.75, 3.05) is 24.5 Å². The molecule has 0 saturated carbocycles. The van der Waals surface area contributed by atoms with Gasteiger partial charge in [-0.3, -0.25) is 4.68 Å². The fourth-order valence-electron chi connectivity index (χ4n) is 2.64. The molecule has 0 aliphatic carbocycles. The average molecular weight is 272 g/mol. The van der Waals surface area contributed by atoms with Gasteiger partial charge in [-0.2, -0.15) is 5.10 Å². The van der Waals surface area contributed by atoms with Gasteiger partial charge in [-0.1, -0.05) is 0 Å². The Hall–Kier alpha value is -1.95. The number of hydrogen-bond donors (Lipinski definition) is 1. The lowest BCUT2D eigenvalue weighted by atomic mass is 10.1. The van der Waals surface area contributed by atoms with Gasteiger partial charge in [-0.25, -0.2) is 9.97 Å². The van der Waals surface area contributed by atoms with Crippen LogP contribution in [0.1, 0.15) is 12.8 Å². The summed E-state index contributed by atoms with van der Waals surface area (Å²) < 4.78 is 1.96. The minimum Gasteiger partial charge on any atom is -0.355 e. The zero-order chi connectivity index (χ0) is 13.6. The molecule has 3 heterocycles. The highest BCUT2D eigenvalue weighted by Gasteiger charge is 2.20. The minimum absolute atomic E-state index is 0.522. The van der Waals surface area contributed by atoms with Gasteiger partial charge in [-0.05, 0) is 25.0 Å². The van der Waals surface area contributed by atoms with Crippen molar-refractivity contribution in [3.05, 3.63) is 37.1 Å². The SMILES string of the molecule is c1cnn(CCNC2CCCN(c3ccncn3)C2)c1. The van der Waals surface area contributed by atoms with E-state index < -0.39 is 0 Å². The maximum absolute atomic E-state index is 4.33. The molecule has 0 bridgehead atoms. The third kappa shape index (κ3) is 3.33. The zero-order valence-corrected chi connectivity index (χ0v) is 11.5. The van der Waals surface area contributed by atoms with Crippen LogP contribution in [0.15, 0.2) is 37.1 Å². The first-order valence-corrected chi connectivity index (χ1v) is 7.13. The Morgan fingerprint density at radius 3 is 3.15 bits per heavy atom. The number of nitrogens with zero attached hydrogens (tertiary/aromatic N) is 5. The van der Waals surface area contributed by atoms with E-state index in [1.807, 2.05) is 29.2 Å². The van der Waals surface area contributed by atoms with Gasteiger partial charge in [0.2, 0.25) is 0 Å². The van der Waals surface area contributed by atoms with Crippen LogP contribution in [0.4, 0.5) is 5.82 Å². The topological polar surface area (TPSA) is 58.9 Å². The second-order valence-electron chi connectivity index (χ2n) is 5.08. The van der Waals surface area contributed by atoms with Gasteiger partial charge in [0.15, 0.2) is 0 Å². The largest absolute Gasteiger partial charge is 0.355 e. The third-order valence-electron chi connectivity index (χ3n) is 3.64. The van der Waals surface area contributed by atoms with Gasteiger partial charge in [0.1, 0.15) is 12.1 Å². The van der Waals surface area contributed by atoms with Gasteiger partial charge in [-0.15, -0.1) is 0 Å². The second kappa shape index (κ2) is 6.47. The van der Waals surface area contributed by atoms with Crippen LogP contribution < -0.4 is 10.2 Å². The van der Waals surface area contributed by atoms with Crippen LogP contribution in [0.5, 0.6) is 0 Å². The van der Waals surface area contributed by atoms with Crippen LogP contribution in [0.25, 0.3) is 0 Å². The van der Waals surface area contributed by atoms with Gasteiger partial charge < -0.3 is 10.2 Å². The van der Waals surface area contributed by atoms with E-state index in [9.17, 15) is 0 Å². The Labute approximate surface area is 118 Å². The summed E-state index contributed by atoms with van der Waals surface area (Å²) in [5, 5.41) is 7.82. The maximum atomic E-state index is 4.33. The molecule has 106 valence electrons. The standard InChI is InChI=1S/C14H20N6/c1-3-13(16-7-10-20-9-2-5-18-20)11-19(8-1)14-4-6-15-12-17-14/h2,4-6,9,12-13,16H,1,3,7-8,10-11H2. The molecular weight excluding hydrogens is 252 g/mol. The summed E-state index contributed by atoms with van der Waals surface area (Å²) >= 11 is 0. The highest BCUT2D eigenvalue weighted by molar-refractivity contribution is 5.37. The summed E-state index contributed by atoms with van der Waals surface area (Å²) in [5.41, 5.74) is 0. The number of hydrogen-bond acceptors (Lipinski definition) is 5. The first kappa shape index (κ1) is 13.1. The normalized spacial score (nSPS) is 19.2. The van der Waals surface area contributed by atoms with Crippen molar-refractivity contribution in [1.29, 1.82) is 0 Å². The fourth-order valence-corrected chi connectivity index (χ4v) is 2.64. The van der Waals surface area contributed by atoms with Gasteiger partial charge in [0.05, 0.1) is 6.54 Å². The van der Waals surface area contributed by atoms with Gasteiger partial charge >= 0.3 is 0 Å². The Bertz CT molecular complexity index is 498. The summed E-state index contributed by atoms with van der Waals surface area (Å²) in [5.74, 6) is 1.03. The Morgan fingerprint density at radius 2 is 2.35 bits per heavy atom. The van der Waals surface area contributed by atoms with Crippen LogP contribution in [0.2, 0.25) is 0 Å². The van der Waals surface area contributed by atoms with Crippen molar-refractivity contribution in [3.63, 3.8) is 0 Å². The van der Waals surface area contributed by atoms with E-state index in [0.29, 0.717) is 6.04 Å². The van der Waals surface area contributed by atoms with Gasteiger partial charge in [0.25, 0.3) is 0 Å². The average Bonchev–Trinajstić information content (AvgIpc) is 3.02. The van der Waals surface area contributed by atoms with E-state index in [2.05, 4.69) is 25.3 Å². The molecule has 1 unspecified atom stereocenters. The molecule has 2 aromatic heterocycles. The number of aromatic nitrogens is 4. The van der Waals surface area contributed by atoms with Crippen LogP contribution >= 0.6 is 0 Å². The smallest absolute Gasteiger partial charge is 0.131 e. The fraction of sp³-hybridized carbons (Fsp3) is 0.500. The number of anilines is 1. The number of rotatable bonds is 5. The van der Waals surface area contributed by atoms with Crippen LogP contribution in [0, 0.1) is 0 Å². The van der Waals surface area contributed by atoms with Crippen molar-refractivity contribution >= 4 is 5.82 Å². The third-order valence-corrected chi connectivity index (χ3v) is 3.64. The zero-order valence-electron chi connectivity index (χ0n) is 11.5. The van der Waals surface area contributed by atoms with Crippen molar-refractivity contribution in [1.82, 2.24) is 25.1 Å². The molecule has 1 aliphatic rings. The summed E-state index contributed by atoms with van der Waals surface area (Å²) in [6, 6.07) is 4.46. The number of nitrogens with one attached hydrogen (secondary N) is 1. The van der Waals surface area contributed by atoms with Crippen LogP contribution in [-0.2, 0) is 6.54 Å². The first-order valence-electron chi connectivity index (χ1n) is 7.13. The van der Waals surface area contributed by atoms with E-state index in [-0.39, 0.29) is 0 Å². The molecule has 1 saturated heterocycles. The summed E-state index contributed by atoms with van der Waals surface area (Å²) in [7, 11) is 0. The molecule has 0 aromatic carbocycles. The first-order chi connectivity index (χ1) is 9.92. The summed E-state index contributed by atoms with van der Waals surface area (Å²) in [6.45, 7) is 3.95.